The van der Waals surface area contributed by atoms with Crippen LogP contribution >= 0.6 is 0 Å². The van der Waals surface area contributed by atoms with E-state index in [4.69, 9.17) is 4.74 Å². The SMILES string of the molecule is Cc1ccccc1COCCn1c([N+](=O)[O-])cnc1C. The third-order valence-electron chi connectivity index (χ3n) is 3.20. The summed E-state index contributed by atoms with van der Waals surface area (Å²) in [6.07, 6.45) is 1.27. The van der Waals surface area contributed by atoms with Gasteiger partial charge in [0.15, 0.2) is 5.82 Å². The van der Waals surface area contributed by atoms with E-state index in [1.54, 1.807) is 11.5 Å². The lowest BCUT2D eigenvalue weighted by molar-refractivity contribution is -0.392. The van der Waals surface area contributed by atoms with Crippen molar-refractivity contribution in [3.8, 4) is 0 Å². The van der Waals surface area contributed by atoms with Crippen LogP contribution in [0.15, 0.2) is 30.5 Å². The second-order valence-electron chi connectivity index (χ2n) is 4.55. The number of rotatable bonds is 6. The molecule has 1 aromatic carbocycles. The first-order valence-corrected chi connectivity index (χ1v) is 6.38. The van der Waals surface area contributed by atoms with Gasteiger partial charge in [-0.2, -0.15) is 0 Å². The molecule has 0 fully saturated rings. The fraction of sp³-hybridized carbons (Fsp3) is 0.357. The molecule has 0 aliphatic carbocycles. The van der Waals surface area contributed by atoms with Crippen molar-refractivity contribution in [2.24, 2.45) is 0 Å². The minimum absolute atomic E-state index is 0.00184. The number of ether oxygens (including phenoxy) is 1. The normalized spacial score (nSPS) is 10.7. The van der Waals surface area contributed by atoms with E-state index in [9.17, 15) is 10.1 Å². The van der Waals surface area contributed by atoms with Gasteiger partial charge in [0.05, 0.1) is 13.2 Å². The van der Waals surface area contributed by atoms with Gasteiger partial charge in [-0.15, -0.1) is 0 Å². The van der Waals surface area contributed by atoms with Crippen LogP contribution in [0, 0.1) is 24.0 Å². The largest absolute Gasteiger partial charge is 0.373 e. The van der Waals surface area contributed by atoms with Gasteiger partial charge in [0.2, 0.25) is 0 Å². The Bertz CT molecular complexity index is 607. The molecule has 6 heteroatoms. The first-order valence-electron chi connectivity index (χ1n) is 6.38. The highest BCUT2D eigenvalue weighted by Gasteiger charge is 2.16. The smallest absolute Gasteiger partial charge is 0.342 e. The predicted octanol–water partition coefficient (Wildman–Crippen LogP) is 2.62. The molecule has 0 saturated heterocycles. The lowest BCUT2D eigenvalue weighted by Gasteiger charge is -2.07. The zero-order chi connectivity index (χ0) is 14.5. The third kappa shape index (κ3) is 3.21. The number of hydrogen-bond donors (Lipinski definition) is 0. The maximum atomic E-state index is 10.8. The molecule has 2 rings (SSSR count). The topological polar surface area (TPSA) is 70.2 Å². The fourth-order valence-corrected chi connectivity index (χ4v) is 1.99. The molecule has 0 N–H and O–H groups in total. The molecule has 0 amide bonds. The van der Waals surface area contributed by atoms with E-state index < -0.39 is 4.92 Å². The van der Waals surface area contributed by atoms with E-state index >= 15 is 0 Å². The molecule has 0 radical (unpaired) electrons. The molecule has 20 heavy (non-hydrogen) atoms. The number of nitro groups is 1. The summed E-state index contributed by atoms with van der Waals surface area (Å²) in [7, 11) is 0. The van der Waals surface area contributed by atoms with Crippen molar-refractivity contribution in [3.05, 3.63) is 57.5 Å². The Morgan fingerprint density at radius 1 is 1.35 bits per heavy atom. The minimum atomic E-state index is -0.429. The average molecular weight is 275 g/mol. The van der Waals surface area contributed by atoms with Crippen LogP contribution in [0.1, 0.15) is 17.0 Å². The number of imidazole rings is 1. The molecule has 0 aliphatic heterocycles. The van der Waals surface area contributed by atoms with Crippen LogP contribution in [0.2, 0.25) is 0 Å². The number of nitrogens with zero attached hydrogens (tertiary/aromatic N) is 3. The van der Waals surface area contributed by atoms with Crippen molar-refractivity contribution < 1.29 is 9.66 Å². The van der Waals surface area contributed by atoms with Crippen LogP contribution in [0.25, 0.3) is 0 Å². The van der Waals surface area contributed by atoms with Crippen molar-refractivity contribution >= 4 is 5.82 Å². The van der Waals surface area contributed by atoms with Crippen LogP contribution in [-0.2, 0) is 17.9 Å². The van der Waals surface area contributed by atoms with Crippen molar-refractivity contribution in [1.82, 2.24) is 9.55 Å². The van der Waals surface area contributed by atoms with Gasteiger partial charge in [-0.3, -0.25) is 0 Å². The lowest BCUT2D eigenvalue weighted by atomic mass is 10.1. The zero-order valence-corrected chi connectivity index (χ0v) is 11.6. The predicted molar refractivity (Wildman–Crippen MR) is 74.5 cm³/mol. The second kappa shape index (κ2) is 6.29. The highest BCUT2D eigenvalue weighted by molar-refractivity contribution is 5.24. The Morgan fingerprint density at radius 3 is 2.80 bits per heavy atom. The molecule has 0 atom stereocenters. The fourth-order valence-electron chi connectivity index (χ4n) is 1.99. The highest BCUT2D eigenvalue weighted by Crippen LogP contribution is 2.13. The van der Waals surface area contributed by atoms with Gasteiger partial charge in [0.25, 0.3) is 0 Å². The summed E-state index contributed by atoms with van der Waals surface area (Å²) in [4.78, 5) is 14.4. The molecule has 106 valence electrons. The first-order chi connectivity index (χ1) is 9.59. The maximum Gasteiger partial charge on any atom is 0.342 e. The van der Waals surface area contributed by atoms with E-state index in [0.29, 0.717) is 25.6 Å². The van der Waals surface area contributed by atoms with Gasteiger partial charge in [-0.1, -0.05) is 24.3 Å². The molecule has 0 spiro atoms. The zero-order valence-electron chi connectivity index (χ0n) is 11.6. The summed E-state index contributed by atoms with van der Waals surface area (Å²) >= 11 is 0. The summed E-state index contributed by atoms with van der Waals surface area (Å²) in [5.74, 6) is 0.623. The van der Waals surface area contributed by atoms with E-state index in [-0.39, 0.29) is 5.82 Å². The number of benzene rings is 1. The number of aryl methyl sites for hydroxylation is 2. The standard InChI is InChI=1S/C14H17N3O3/c1-11-5-3-4-6-13(11)10-20-8-7-16-12(2)15-9-14(16)17(18)19/h3-6,9H,7-8,10H2,1-2H3. The second-order valence-corrected chi connectivity index (χ2v) is 4.55. The monoisotopic (exact) mass is 275 g/mol. The van der Waals surface area contributed by atoms with Crippen molar-refractivity contribution in [1.29, 1.82) is 0 Å². The molecule has 0 bridgehead atoms. The van der Waals surface area contributed by atoms with Crippen molar-refractivity contribution in [2.75, 3.05) is 6.61 Å². The van der Waals surface area contributed by atoms with Gasteiger partial charge < -0.3 is 14.9 Å². The maximum absolute atomic E-state index is 10.8. The molecule has 0 aliphatic rings. The Labute approximate surface area is 117 Å². The van der Waals surface area contributed by atoms with E-state index in [0.717, 1.165) is 5.56 Å². The van der Waals surface area contributed by atoms with Crippen LogP contribution < -0.4 is 0 Å². The summed E-state index contributed by atoms with van der Waals surface area (Å²) in [6.45, 7) is 5.12. The number of hydrogen-bond acceptors (Lipinski definition) is 4. The van der Waals surface area contributed by atoms with E-state index in [1.165, 1.54) is 11.8 Å². The van der Waals surface area contributed by atoms with Crippen LogP contribution in [0.3, 0.4) is 0 Å². The van der Waals surface area contributed by atoms with E-state index in [2.05, 4.69) is 4.98 Å². The summed E-state index contributed by atoms with van der Waals surface area (Å²) in [5, 5.41) is 10.8. The third-order valence-corrected chi connectivity index (χ3v) is 3.20. The van der Waals surface area contributed by atoms with Crippen molar-refractivity contribution in [2.45, 2.75) is 27.0 Å². The summed E-state index contributed by atoms with van der Waals surface area (Å²) in [5.41, 5.74) is 2.31. The quantitative estimate of drug-likeness (QED) is 0.461. The summed E-state index contributed by atoms with van der Waals surface area (Å²) in [6, 6.07) is 8.00. The van der Waals surface area contributed by atoms with Gasteiger partial charge in [-0.25, -0.2) is 9.55 Å². The Kier molecular flexibility index (Phi) is 4.47. The van der Waals surface area contributed by atoms with Gasteiger partial charge in [0.1, 0.15) is 12.7 Å². The van der Waals surface area contributed by atoms with Gasteiger partial charge >= 0.3 is 5.82 Å². The van der Waals surface area contributed by atoms with Crippen LogP contribution in [0.4, 0.5) is 5.82 Å². The molecular formula is C14H17N3O3. The molecule has 2 aromatic rings. The summed E-state index contributed by atoms with van der Waals surface area (Å²) < 4.78 is 7.15. The Balaban J connectivity index is 1.89. The average Bonchev–Trinajstić information content (AvgIpc) is 2.78. The Hall–Kier alpha value is -2.21. The van der Waals surface area contributed by atoms with Crippen LogP contribution in [-0.4, -0.2) is 21.1 Å². The van der Waals surface area contributed by atoms with Crippen molar-refractivity contribution in [3.63, 3.8) is 0 Å². The van der Waals surface area contributed by atoms with Gasteiger partial charge in [0, 0.05) is 6.92 Å². The number of aromatic nitrogens is 2. The minimum Gasteiger partial charge on any atom is -0.373 e. The van der Waals surface area contributed by atoms with Gasteiger partial charge in [-0.05, 0) is 23.0 Å². The molecule has 0 unspecified atom stereocenters. The van der Waals surface area contributed by atoms with Crippen LogP contribution in [0.5, 0.6) is 0 Å². The lowest BCUT2D eigenvalue weighted by Crippen LogP contribution is -2.10. The molecule has 0 saturated carbocycles. The van der Waals surface area contributed by atoms with E-state index in [1.807, 2.05) is 31.2 Å². The first kappa shape index (κ1) is 14.2. The Morgan fingerprint density at radius 2 is 2.10 bits per heavy atom. The molecular weight excluding hydrogens is 258 g/mol. The molecule has 6 nitrogen and oxygen atoms in total. The highest BCUT2D eigenvalue weighted by atomic mass is 16.6. The molecule has 1 aromatic heterocycles. The molecule has 1 heterocycles.